The third-order valence-electron chi connectivity index (χ3n) is 5.25. The van der Waals surface area contributed by atoms with Crippen LogP contribution in [0.2, 0.25) is 0 Å². The Bertz CT molecular complexity index is 1690. The molecule has 0 radical (unpaired) electrons. The number of nitrogens with zero attached hydrogens (tertiary/aromatic N) is 5. The lowest BCUT2D eigenvalue weighted by molar-refractivity contribution is 0.355. The van der Waals surface area contributed by atoms with Crippen molar-refractivity contribution in [3.8, 4) is 28.4 Å². The van der Waals surface area contributed by atoms with Crippen LogP contribution in [0, 0.1) is 6.92 Å². The molecule has 10 heteroatoms. The van der Waals surface area contributed by atoms with E-state index in [0.717, 1.165) is 27.1 Å². The fourth-order valence-corrected chi connectivity index (χ4v) is 4.44. The highest BCUT2D eigenvalue weighted by molar-refractivity contribution is 7.15. The molecule has 34 heavy (non-hydrogen) atoms. The number of methoxy groups -OCH3 is 2. The molecule has 0 atom stereocenters. The molecule has 0 fully saturated rings. The minimum atomic E-state index is -0.448. The maximum Gasteiger partial charge on any atom is 0.295 e. The maximum atomic E-state index is 13.0. The summed E-state index contributed by atoms with van der Waals surface area (Å²) in [5.41, 5.74) is 2.38. The maximum absolute atomic E-state index is 13.0. The summed E-state index contributed by atoms with van der Waals surface area (Å²) < 4.78 is 14.1. The largest absolute Gasteiger partial charge is 0.493 e. The van der Waals surface area contributed by atoms with Gasteiger partial charge in [0.15, 0.2) is 11.5 Å². The van der Waals surface area contributed by atoms with Gasteiger partial charge in [0.2, 0.25) is 4.96 Å². The minimum Gasteiger partial charge on any atom is -0.493 e. The van der Waals surface area contributed by atoms with Crippen molar-refractivity contribution in [2.45, 2.75) is 6.92 Å². The van der Waals surface area contributed by atoms with Gasteiger partial charge in [0.05, 0.1) is 24.4 Å². The highest BCUT2D eigenvalue weighted by Gasteiger charge is 2.15. The molecule has 0 bridgehead atoms. The van der Waals surface area contributed by atoms with E-state index >= 15 is 0 Å². The van der Waals surface area contributed by atoms with E-state index in [4.69, 9.17) is 14.6 Å². The van der Waals surface area contributed by atoms with Gasteiger partial charge in [-0.25, -0.2) is 4.68 Å². The molecule has 0 unspecified atom stereocenters. The number of hydrogen-bond donors (Lipinski definition) is 0. The topological polar surface area (TPSA) is 101 Å². The van der Waals surface area contributed by atoms with Gasteiger partial charge in [0, 0.05) is 17.3 Å². The average molecular weight is 474 g/mol. The number of rotatable bonds is 5. The Morgan fingerprint density at radius 1 is 0.971 bits per heavy atom. The van der Waals surface area contributed by atoms with Crippen LogP contribution in [0.1, 0.15) is 11.3 Å². The predicted molar refractivity (Wildman–Crippen MR) is 129 cm³/mol. The molecule has 2 aromatic carbocycles. The van der Waals surface area contributed by atoms with Crippen LogP contribution < -0.4 is 25.1 Å². The average Bonchev–Trinajstić information content (AvgIpc) is 3.41. The van der Waals surface area contributed by atoms with Gasteiger partial charge < -0.3 is 9.47 Å². The molecular formula is C24H19N5O4S. The van der Waals surface area contributed by atoms with Gasteiger partial charge >= 0.3 is 0 Å². The molecule has 0 N–H and O–H groups in total. The lowest BCUT2D eigenvalue weighted by Crippen LogP contribution is -2.27. The second kappa shape index (κ2) is 8.56. The van der Waals surface area contributed by atoms with Crippen LogP contribution in [-0.2, 0) is 0 Å². The third kappa shape index (κ3) is 3.73. The number of aryl methyl sites for hydroxylation is 1. The van der Waals surface area contributed by atoms with Crippen molar-refractivity contribution in [2.24, 2.45) is 0 Å². The van der Waals surface area contributed by atoms with E-state index in [0.29, 0.717) is 27.3 Å². The summed E-state index contributed by atoms with van der Waals surface area (Å²) in [4.78, 5) is 29.1. The third-order valence-corrected chi connectivity index (χ3v) is 6.21. The molecular weight excluding hydrogens is 454 g/mol. The van der Waals surface area contributed by atoms with Crippen molar-refractivity contribution in [3.63, 3.8) is 0 Å². The Labute approximate surface area is 197 Å². The van der Waals surface area contributed by atoms with E-state index in [9.17, 15) is 9.59 Å². The fraction of sp³-hybridized carbons (Fsp3) is 0.125. The quantitative estimate of drug-likeness (QED) is 0.386. The van der Waals surface area contributed by atoms with Gasteiger partial charge in [-0.15, -0.1) is 0 Å². The van der Waals surface area contributed by atoms with Crippen LogP contribution in [0.4, 0.5) is 0 Å². The van der Waals surface area contributed by atoms with E-state index < -0.39 is 5.56 Å². The van der Waals surface area contributed by atoms with Gasteiger partial charge in [-0.1, -0.05) is 29.5 Å². The molecule has 0 saturated heterocycles. The monoisotopic (exact) mass is 473 g/mol. The van der Waals surface area contributed by atoms with Crippen molar-refractivity contribution in [2.75, 3.05) is 14.2 Å². The van der Waals surface area contributed by atoms with Gasteiger partial charge in [0.1, 0.15) is 11.4 Å². The second-order valence-electron chi connectivity index (χ2n) is 7.40. The number of ether oxygens (including phenoxy) is 2. The van der Waals surface area contributed by atoms with Crippen LogP contribution in [0.5, 0.6) is 11.5 Å². The van der Waals surface area contributed by atoms with Crippen LogP contribution in [0.3, 0.4) is 0 Å². The Hall–Kier alpha value is -4.31. The lowest BCUT2D eigenvalue weighted by atomic mass is 10.1. The van der Waals surface area contributed by atoms with Gasteiger partial charge in [-0.2, -0.15) is 19.7 Å². The van der Waals surface area contributed by atoms with Gasteiger partial charge in [0.25, 0.3) is 11.1 Å². The number of para-hydroxylation sites is 1. The smallest absolute Gasteiger partial charge is 0.295 e. The molecule has 5 aromatic rings. The molecule has 9 nitrogen and oxygen atoms in total. The molecule has 3 aromatic heterocycles. The Kier molecular flexibility index (Phi) is 5.42. The first-order chi connectivity index (χ1) is 16.5. The summed E-state index contributed by atoms with van der Waals surface area (Å²) in [6.45, 7) is 1.53. The van der Waals surface area contributed by atoms with Gasteiger partial charge in [-0.3, -0.25) is 9.59 Å². The van der Waals surface area contributed by atoms with Crippen molar-refractivity contribution in [1.82, 2.24) is 24.4 Å². The van der Waals surface area contributed by atoms with E-state index in [1.807, 2.05) is 48.7 Å². The van der Waals surface area contributed by atoms with Crippen LogP contribution >= 0.6 is 11.3 Å². The first-order valence-electron chi connectivity index (χ1n) is 10.3. The summed E-state index contributed by atoms with van der Waals surface area (Å²) in [7, 11) is 3.15. The normalized spacial score (nSPS) is 11.8. The number of aromatic nitrogens is 5. The predicted octanol–water partition coefficient (Wildman–Crippen LogP) is 2.24. The van der Waals surface area contributed by atoms with E-state index in [-0.39, 0.29) is 16.2 Å². The molecule has 0 amide bonds. The van der Waals surface area contributed by atoms with E-state index in [2.05, 4.69) is 10.1 Å². The number of thiazole rings is 1. The van der Waals surface area contributed by atoms with Crippen molar-refractivity contribution >= 4 is 22.4 Å². The summed E-state index contributed by atoms with van der Waals surface area (Å²) in [5, 5.41) is 8.87. The molecule has 0 aliphatic heterocycles. The highest BCUT2D eigenvalue weighted by atomic mass is 32.1. The standard InChI is InChI=1S/C24H19N5O4S/c1-14-22(30)25-24-29(26-14)23(31)20(34-24)12-16-13-28(17-7-5-4-6-8-17)27-21(16)15-9-10-18(32-2)19(11-15)33-3/h4-13H,1-3H3. The van der Waals surface area contributed by atoms with E-state index in [1.54, 1.807) is 31.0 Å². The number of benzene rings is 2. The summed E-state index contributed by atoms with van der Waals surface area (Å²) >= 11 is 1.10. The molecule has 3 heterocycles. The summed E-state index contributed by atoms with van der Waals surface area (Å²) in [5.74, 6) is 1.16. The van der Waals surface area contributed by atoms with Crippen molar-refractivity contribution < 1.29 is 9.47 Å². The van der Waals surface area contributed by atoms with Gasteiger partial charge in [-0.05, 0) is 43.3 Å². The zero-order valence-electron chi connectivity index (χ0n) is 18.6. The van der Waals surface area contributed by atoms with Crippen molar-refractivity contribution in [1.29, 1.82) is 0 Å². The summed E-state index contributed by atoms with van der Waals surface area (Å²) in [6.07, 6.45) is 3.59. The van der Waals surface area contributed by atoms with Crippen LogP contribution in [0.15, 0.2) is 64.3 Å². The second-order valence-corrected chi connectivity index (χ2v) is 8.40. The molecule has 0 aliphatic rings. The molecule has 0 aliphatic carbocycles. The Morgan fingerprint density at radius 2 is 1.74 bits per heavy atom. The zero-order valence-corrected chi connectivity index (χ0v) is 19.4. The molecule has 5 rings (SSSR count). The number of fused-ring (bicyclic) bond motifs is 1. The Balaban J connectivity index is 1.75. The minimum absolute atomic E-state index is 0.168. The van der Waals surface area contributed by atoms with E-state index in [1.165, 1.54) is 6.92 Å². The molecule has 170 valence electrons. The van der Waals surface area contributed by atoms with Crippen LogP contribution in [-0.4, -0.2) is 38.6 Å². The number of hydrogen-bond acceptors (Lipinski definition) is 8. The van der Waals surface area contributed by atoms with Crippen molar-refractivity contribution in [3.05, 3.63) is 91.2 Å². The zero-order chi connectivity index (χ0) is 23.8. The lowest BCUT2D eigenvalue weighted by Gasteiger charge is -2.09. The van der Waals surface area contributed by atoms with Crippen LogP contribution in [0.25, 0.3) is 28.0 Å². The molecule has 0 saturated carbocycles. The SMILES string of the molecule is COc1ccc(-c2nn(-c3ccccc3)cc2C=c2sc3nc(=O)c(C)nn3c2=O)cc1OC. The highest BCUT2D eigenvalue weighted by Crippen LogP contribution is 2.33. The summed E-state index contributed by atoms with van der Waals surface area (Å²) in [6, 6.07) is 15.2. The molecule has 0 spiro atoms. The first kappa shape index (κ1) is 21.5. The Morgan fingerprint density at radius 3 is 2.47 bits per heavy atom. The fourth-order valence-electron chi connectivity index (χ4n) is 3.54. The first-order valence-corrected chi connectivity index (χ1v) is 11.1.